The summed E-state index contributed by atoms with van der Waals surface area (Å²) in [6.07, 6.45) is 5.57. The lowest BCUT2D eigenvalue weighted by Crippen LogP contribution is -2.36. The molecule has 2 aliphatic heterocycles. The van der Waals surface area contributed by atoms with Crippen molar-refractivity contribution in [2.75, 3.05) is 29.7 Å². The van der Waals surface area contributed by atoms with E-state index >= 15 is 0 Å². The highest BCUT2D eigenvalue weighted by Crippen LogP contribution is 2.31. The van der Waals surface area contributed by atoms with E-state index in [0.29, 0.717) is 42.7 Å². The zero-order valence-corrected chi connectivity index (χ0v) is 19.6. The van der Waals surface area contributed by atoms with Crippen LogP contribution in [-0.2, 0) is 14.8 Å². The largest absolute Gasteiger partial charge is 0.440 e. The van der Waals surface area contributed by atoms with Crippen molar-refractivity contribution in [3.8, 4) is 0 Å². The van der Waals surface area contributed by atoms with Crippen LogP contribution in [0.2, 0.25) is 5.02 Å². The van der Waals surface area contributed by atoms with Crippen LogP contribution >= 0.6 is 11.6 Å². The summed E-state index contributed by atoms with van der Waals surface area (Å²) in [6, 6.07) is 12.6. The second kappa shape index (κ2) is 8.83. The lowest BCUT2D eigenvalue weighted by atomic mass is 9.96. The van der Waals surface area contributed by atoms with Crippen molar-refractivity contribution in [3.05, 3.63) is 65.0 Å². The summed E-state index contributed by atoms with van der Waals surface area (Å²) < 4.78 is 31.5. The molecule has 172 valence electrons. The molecule has 33 heavy (non-hydrogen) atoms. The number of benzene rings is 2. The zero-order chi connectivity index (χ0) is 23.0. The summed E-state index contributed by atoms with van der Waals surface area (Å²) in [5, 5.41) is 0.630. The van der Waals surface area contributed by atoms with Crippen molar-refractivity contribution < 1.29 is 17.6 Å². The Morgan fingerprint density at radius 1 is 1.09 bits per heavy atom. The van der Waals surface area contributed by atoms with E-state index in [-0.39, 0.29) is 17.6 Å². The van der Waals surface area contributed by atoms with Gasteiger partial charge in [-0.15, -0.1) is 0 Å². The van der Waals surface area contributed by atoms with Gasteiger partial charge in [-0.05, 0) is 61.2 Å². The molecular weight excluding hydrogens is 462 g/mol. The third-order valence-electron chi connectivity index (χ3n) is 6.22. The van der Waals surface area contributed by atoms with Crippen molar-refractivity contribution in [1.29, 1.82) is 0 Å². The Hall–Kier alpha value is -2.84. The quantitative estimate of drug-likeness (QED) is 0.510. The molecule has 7 nitrogen and oxygen atoms in total. The Morgan fingerprint density at radius 3 is 2.55 bits per heavy atom. The average Bonchev–Trinajstić information content (AvgIpc) is 3.40. The van der Waals surface area contributed by atoms with E-state index in [1.54, 1.807) is 36.4 Å². The van der Waals surface area contributed by atoms with Gasteiger partial charge in [0.05, 0.1) is 11.4 Å². The van der Waals surface area contributed by atoms with Gasteiger partial charge in [-0.2, -0.15) is 0 Å². The van der Waals surface area contributed by atoms with Crippen LogP contribution < -0.4 is 4.31 Å². The first-order valence-corrected chi connectivity index (χ1v) is 13.0. The topological polar surface area (TPSA) is 83.7 Å². The summed E-state index contributed by atoms with van der Waals surface area (Å²) in [7, 11) is -3.19. The molecule has 0 atom stereocenters. The Bertz CT molecular complexity index is 1310. The molecule has 1 aromatic heterocycles. The van der Waals surface area contributed by atoms with E-state index in [1.165, 1.54) is 4.31 Å². The van der Waals surface area contributed by atoms with E-state index in [0.717, 1.165) is 29.5 Å². The fourth-order valence-corrected chi connectivity index (χ4v) is 6.12. The molecule has 0 aliphatic carbocycles. The predicted octanol–water partition coefficient (Wildman–Crippen LogP) is 4.44. The molecule has 2 aromatic carbocycles. The molecule has 3 heterocycles. The Kier molecular flexibility index (Phi) is 5.88. The number of aromatic nitrogens is 1. The van der Waals surface area contributed by atoms with Gasteiger partial charge in [0.1, 0.15) is 5.52 Å². The normalized spacial score (nSPS) is 19.1. The molecule has 9 heteroatoms. The number of hydrogen-bond donors (Lipinski definition) is 0. The van der Waals surface area contributed by atoms with Crippen molar-refractivity contribution in [2.45, 2.75) is 25.2 Å². The van der Waals surface area contributed by atoms with Gasteiger partial charge in [0.2, 0.25) is 15.9 Å². The van der Waals surface area contributed by atoms with Gasteiger partial charge in [0.15, 0.2) is 11.5 Å². The Morgan fingerprint density at radius 2 is 1.85 bits per heavy atom. The van der Waals surface area contributed by atoms with Crippen LogP contribution in [0.5, 0.6) is 0 Å². The van der Waals surface area contributed by atoms with Gasteiger partial charge in [-0.3, -0.25) is 9.10 Å². The SMILES string of the molecule is O=C(C=Cc1ccc(N2CCCS2(=O)=O)cc1)N1CCC(c2nc3cc(Cl)ccc3o2)CC1. The first kappa shape index (κ1) is 22.0. The molecule has 1 amide bonds. The van der Waals surface area contributed by atoms with Crippen molar-refractivity contribution in [1.82, 2.24) is 9.88 Å². The van der Waals surface area contributed by atoms with E-state index in [1.807, 2.05) is 23.1 Å². The number of nitrogens with zero attached hydrogens (tertiary/aromatic N) is 3. The number of carbonyl (C=O) groups excluding carboxylic acids is 1. The van der Waals surface area contributed by atoms with Gasteiger partial charge >= 0.3 is 0 Å². The van der Waals surface area contributed by atoms with Crippen LogP contribution in [0, 0.1) is 0 Å². The third-order valence-corrected chi connectivity index (χ3v) is 8.33. The van der Waals surface area contributed by atoms with Crippen LogP contribution in [0.3, 0.4) is 0 Å². The number of amides is 1. The standard InChI is InChI=1S/C24H24ClN3O4S/c25-19-5-8-22-21(16-19)26-24(32-22)18-10-13-27(14-11-18)23(29)9-4-17-2-6-20(7-3-17)28-12-1-15-33(28,30)31/h2-9,16,18H,1,10-15H2. The Balaban J connectivity index is 1.18. The summed E-state index contributed by atoms with van der Waals surface area (Å²) in [5.74, 6) is 1.04. The maximum absolute atomic E-state index is 12.7. The molecule has 0 spiro atoms. The fraction of sp³-hybridized carbons (Fsp3) is 0.333. The van der Waals surface area contributed by atoms with Gasteiger partial charge < -0.3 is 9.32 Å². The van der Waals surface area contributed by atoms with E-state index in [4.69, 9.17) is 16.0 Å². The van der Waals surface area contributed by atoms with Gasteiger partial charge in [0.25, 0.3) is 0 Å². The monoisotopic (exact) mass is 485 g/mol. The lowest BCUT2D eigenvalue weighted by molar-refractivity contribution is -0.127. The zero-order valence-electron chi connectivity index (χ0n) is 18.0. The number of piperidine rings is 1. The number of hydrogen-bond acceptors (Lipinski definition) is 5. The predicted molar refractivity (Wildman–Crippen MR) is 129 cm³/mol. The minimum atomic E-state index is -3.19. The summed E-state index contributed by atoms with van der Waals surface area (Å²) in [6.45, 7) is 1.79. The molecule has 0 bridgehead atoms. The van der Waals surface area contributed by atoms with Crippen LogP contribution in [0.25, 0.3) is 17.2 Å². The highest BCUT2D eigenvalue weighted by molar-refractivity contribution is 7.93. The van der Waals surface area contributed by atoms with Gasteiger partial charge in [0, 0.05) is 36.7 Å². The number of anilines is 1. The second-order valence-corrected chi connectivity index (χ2v) is 10.9. The molecule has 3 aromatic rings. The smallest absolute Gasteiger partial charge is 0.246 e. The van der Waals surface area contributed by atoms with Crippen LogP contribution in [0.4, 0.5) is 5.69 Å². The third kappa shape index (κ3) is 4.63. The lowest BCUT2D eigenvalue weighted by Gasteiger charge is -2.29. The number of sulfonamides is 1. The molecule has 2 aliphatic rings. The van der Waals surface area contributed by atoms with Crippen LogP contribution in [0.1, 0.15) is 36.6 Å². The van der Waals surface area contributed by atoms with Crippen molar-refractivity contribution in [2.24, 2.45) is 0 Å². The second-order valence-electron chi connectivity index (χ2n) is 8.43. The fourth-order valence-electron chi connectivity index (χ4n) is 4.39. The maximum Gasteiger partial charge on any atom is 0.246 e. The minimum Gasteiger partial charge on any atom is -0.440 e. The van der Waals surface area contributed by atoms with E-state index in [9.17, 15) is 13.2 Å². The number of likely N-dealkylation sites (tertiary alicyclic amines) is 1. The van der Waals surface area contributed by atoms with Crippen LogP contribution in [0.15, 0.2) is 53.0 Å². The van der Waals surface area contributed by atoms with E-state index in [2.05, 4.69) is 4.98 Å². The number of oxazole rings is 1. The maximum atomic E-state index is 12.7. The number of halogens is 1. The van der Waals surface area contributed by atoms with Crippen molar-refractivity contribution >= 4 is 50.4 Å². The highest BCUT2D eigenvalue weighted by atomic mass is 35.5. The Labute approximate surface area is 197 Å². The molecule has 0 N–H and O–H groups in total. The molecule has 2 saturated heterocycles. The first-order valence-electron chi connectivity index (χ1n) is 11.0. The molecule has 0 unspecified atom stereocenters. The van der Waals surface area contributed by atoms with Crippen molar-refractivity contribution in [3.63, 3.8) is 0 Å². The number of carbonyl (C=O) groups is 1. The molecule has 5 rings (SSSR count). The highest BCUT2D eigenvalue weighted by Gasteiger charge is 2.28. The summed E-state index contributed by atoms with van der Waals surface area (Å²) in [5.41, 5.74) is 3.00. The minimum absolute atomic E-state index is 0.0380. The molecule has 0 saturated carbocycles. The number of rotatable bonds is 4. The molecular formula is C24H24ClN3O4S. The first-order chi connectivity index (χ1) is 15.9. The van der Waals surface area contributed by atoms with E-state index < -0.39 is 10.0 Å². The van der Waals surface area contributed by atoms with Gasteiger partial charge in [-0.25, -0.2) is 13.4 Å². The van der Waals surface area contributed by atoms with Crippen LogP contribution in [-0.4, -0.2) is 49.6 Å². The number of fused-ring (bicyclic) bond motifs is 1. The summed E-state index contributed by atoms with van der Waals surface area (Å²) in [4.78, 5) is 19.1. The summed E-state index contributed by atoms with van der Waals surface area (Å²) >= 11 is 6.03. The molecule has 0 radical (unpaired) electrons. The van der Waals surface area contributed by atoms with Gasteiger partial charge in [-0.1, -0.05) is 23.7 Å². The average molecular weight is 486 g/mol. The molecule has 2 fully saturated rings.